The predicted molar refractivity (Wildman–Crippen MR) is 101 cm³/mol. The number of ether oxygens (including phenoxy) is 4. The molecule has 0 saturated heterocycles. The maximum absolute atomic E-state index is 13.3. The quantitative estimate of drug-likeness (QED) is 0.371. The van der Waals surface area contributed by atoms with Crippen LogP contribution in [0.25, 0.3) is 6.08 Å². The van der Waals surface area contributed by atoms with Crippen molar-refractivity contribution in [1.29, 1.82) is 0 Å². The van der Waals surface area contributed by atoms with Crippen LogP contribution in [0.4, 0.5) is 4.39 Å². The molecule has 0 spiro atoms. The van der Waals surface area contributed by atoms with E-state index in [-0.39, 0.29) is 11.3 Å². The van der Waals surface area contributed by atoms with Crippen molar-refractivity contribution in [3.8, 4) is 17.2 Å². The van der Waals surface area contributed by atoms with E-state index < -0.39 is 24.2 Å². The fourth-order valence-corrected chi connectivity index (χ4v) is 2.39. The van der Waals surface area contributed by atoms with Gasteiger partial charge in [-0.2, -0.15) is 0 Å². The van der Waals surface area contributed by atoms with Gasteiger partial charge in [0.2, 0.25) is 5.78 Å². The molecule has 7 heteroatoms. The molecule has 0 aliphatic heterocycles. The fourth-order valence-electron chi connectivity index (χ4n) is 2.39. The van der Waals surface area contributed by atoms with Crippen LogP contribution in [-0.2, 0) is 9.53 Å². The van der Waals surface area contributed by atoms with Crippen molar-refractivity contribution in [3.63, 3.8) is 0 Å². The van der Waals surface area contributed by atoms with Crippen LogP contribution in [0.5, 0.6) is 17.2 Å². The van der Waals surface area contributed by atoms with Gasteiger partial charge in [-0.3, -0.25) is 4.79 Å². The van der Waals surface area contributed by atoms with Crippen LogP contribution < -0.4 is 14.2 Å². The van der Waals surface area contributed by atoms with Crippen LogP contribution in [0.2, 0.25) is 0 Å². The van der Waals surface area contributed by atoms with Crippen LogP contribution >= 0.6 is 0 Å². The smallest absolute Gasteiger partial charge is 0.331 e. The van der Waals surface area contributed by atoms with E-state index in [2.05, 4.69) is 0 Å². The summed E-state index contributed by atoms with van der Waals surface area (Å²) >= 11 is 0. The van der Waals surface area contributed by atoms with Gasteiger partial charge in [-0.05, 0) is 48.9 Å². The Hall–Kier alpha value is -3.35. The van der Waals surface area contributed by atoms with Crippen LogP contribution in [0.15, 0.2) is 42.5 Å². The van der Waals surface area contributed by atoms with Gasteiger partial charge in [0.1, 0.15) is 11.6 Å². The molecule has 2 rings (SSSR count). The van der Waals surface area contributed by atoms with Gasteiger partial charge >= 0.3 is 5.97 Å². The van der Waals surface area contributed by atoms with E-state index in [9.17, 15) is 14.0 Å². The number of halogens is 1. The van der Waals surface area contributed by atoms with E-state index in [0.717, 1.165) is 6.07 Å². The lowest BCUT2D eigenvalue weighted by molar-refractivity contribution is -0.136. The number of hydrogen-bond donors (Lipinski definition) is 0. The molecule has 2 aromatic carbocycles. The number of benzene rings is 2. The number of hydrogen-bond acceptors (Lipinski definition) is 6. The number of carbonyl (C=O) groups is 2. The molecule has 0 aliphatic rings. The zero-order valence-corrected chi connectivity index (χ0v) is 15.9. The van der Waals surface area contributed by atoms with Gasteiger partial charge in [-0.1, -0.05) is 6.07 Å². The third-order valence-electron chi connectivity index (χ3n) is 3.71. The van der Waals surface area contributed by atoms with Gasteiger partial charge < -0.3 is 18.9 Å². The summed E-state index contributed by atoms with van der Waals surface area (Å²) in [5.41, 5.74) is 0.700. The first kappa shape index (κ1) is 21.0. The lowest BCUT2D eigenvalue weighted by atomic mass is 10.1. The second-order valence-electron chi connectivity index (χ2n) is 5.55. The fraction of sp³-hybridized carbons (Fsp3) is 0.238. The van der Waals surface area contributed by atoms with Gasteiger partial charge in [-0.25, -0.2) is 9.18 Å². The lowest BCUT2D eigenvalue weighted by Gasteiger charge is -2.09. The summed E-state index contributed by atoms with van der Waals surface area (Å²) in [4.78, 5) is 24.0. The monoisotopic (exact) mass is 388 g/mol. The maximum Gasteiger partial charge on any atom is 0.331 e. The summed E-state index contributed by atoms with van der Waals surface area (Å²) in [7, 11) is 2.88. The summed E-state index contributed by atoms with van der Waals surface area (Å²) in [6.07, 6.45) is 2.71. The van der Waals surface area contributed by atoms with Crippen LogP contribution in [-0.4, -0.2) is 39.2 Å². The Morgan fingerprint density at radius 3 is 2.39 bits per heavy atom. The average molecular weight is 388 g/mol. The van der Waals surface area contributed by atoms with Crippen molar-refractivity contribution in [2.45, 2.75) is 6.92 Å². The molecule has 0 heterocycles. The minimum absolute atomic E-state index is 0.00975. The Morgan fingerprint density at radius 2 is 1.71 bits per heavy atom. The number of methoxy groups -OCH3 is 2. The third kappa shape index (κ3) is 5.57. The highest BCUT2D eigenvalue weighted by atomic mass is 19.1. The maximum atomic E-state index is 13.3. The minimum atomic E-state index is -0.712. The van der Waals surface area contributed by atoms with Gasteiger partial charge in [0.05, 0.1) is 26.4 Å². The first-order valence-electron chi connectivity index (χ1n) is 8.50. The SMILES string of the molecule is CCOc1ccc(/C=C/C(=O)OCC(=O)c2cc(F)ccc2OC)cc1OC. The van der Waals surface area contributed by atoms with Gasteiger partial charge in [0.25, 0.3) is 0 Å². The van der Waals surface area contributed by atoms with Crippen LogP contribution in [0.1, 0.15) is 22.8 Å². The molecule has 148 valence electrons. The van der Waals surface area contributed by atoms with E-state index in [4.69, 9.17) is 18.9 Å². The molecule has 0 bridgehead atoms. The minimum Gasteiger partial charge on any atom is -0.496 e. The van der Waals surface area contributed by atoms with Crippen molar-refractivity contribution in [2.75, 3.05) is 27.4 Å². The van der Waals surface area contributed by atoms with E-state index in [1.165, 1.54) is 38.5 Å². The molecule has 0 amide bonds. The molecule has 0 aromatic heterocycles. The topological polar surface area (TPSA) is 71.1 Å². The van der Waals surface area contributed by atoms with E-state index in [1.54, 1.807) is 18.2 Å². The standard InChI is InChI=1S/C21H21FO6/c1-4-27-19-8-5-14(11-20(19)26-3)6-10-21(24)28-13-17(23)16-12-15(22)7-9-18(16)25-2/h5-12H,4,13H2,1-3H3/b10-6+. The second-order valence-corrected chi connectivity index (χ2v) is 5.55. The normalized spacial score (nSPS) is 10.6. The highest BCUT2D eigenvalue weighted by molar-refractivity contribution is 6.01. The molecule has 0 unspecified atom stereocenters. The first-order chi connectivity index (χ1) is 13.5. The molecule has 28 heavy (non-hydrogen) atoms. The van der Waals surface area contributed by atoms with Gasteiger partial charge in [0.15, 0.2) is 18.1 Å². The van der Waals surface area contributed by atoms with Crippen molar-refractivity contribution in [2.24, 2.45) is 0 Å². The highest BCUT2D eigenvalue weighted by Crippen LogP contribution is 2.28. The molecule has 0 atom stereocenters. The van der Waals surface area contributed by atoms with E-state index >= 15 is 0 Å². The number of rotatable bonds is 9. The number of Topliss-reactive ketones (excluding diaryl/α,β-unsaturated/α-hetero) is 1. The summed E-state index contributed by atoms with van der Waals surface area (Å²) < 4.78 is 34.0. The number of esters is 1. The second kappa shape index (κ2) is 10.1. The molecule has 2 aromatic rings. The molecule has 0 fully saturated rings. The molecule has 0 aliphatic carbocycles. The molecule has 6 nitrogen and oxygen atoms in total. The summed E-state index contributed by atoms with van der Waals surface area (Å²) in [6.45, 7) is 1.83. The number of ketones is 1. The molecule has 0 radical (unpaired) electrons. The molecule has 0 saturated carbocycles. The third-order valence-corrected chi connectivity index (χ3v) is 3.71. The van der Waals surface area contributed by atoms with Crippen molar-refractivity contribution in [1.82, 2.24) is 0 Å². The zero-order chi connectivity index (χ0) is 20.5. The van der Waals surface area contributed by atoms with Crippen molar-refractivity contribution >= 4 is 17.8 Å². The van der Waals surface area contributed by atoms with Gasteiger partial charge in [0, 0.05) is 6.08 Å². The average Bonchev–Trinajstić information content (AvgIpc) is 2.71. The first-order valence-corrected chi connectivity index (χ1v) is 8.50. The van der Waals surface area contributed by atoms with Crippen molar-refractivity contribution in [3.05, 3.63) is 59.4 Å². The van der Waals surface area contributed by atoms with E-state index in [1.807, 2.05) is 6.92 Å². The van der Waals surface area contributed by atoms with Crippen LogP contribution in [0.3, 0.4) is 0 Å². The highest BCUT2D eigenvalue weighted by Gasteiger charge is 2.15. The Kier molecular flexibility index (Phi) is 7.56. The number of carbonyl (C=O) groups excluding carboxylic acids is 2. The molecular weight excluding hydrogens is 367 g/mol. The van der Waals surface area contributed by atoms with Crippen LogP contribution in [0, 0.1) is 5.82 Å². The summed E-state index contributed by atoms with van der Waals surface area (Å²) in [5.74, 6) is -0.526. The largest absolute Gasteiger partial charge is 0.496 e. The van der Waals surface area contributed by atoms with Gasteiger partial charge in [-0.15, -0.1) is 0 Å². The Labute approximate surface area is 162 Å². The Bertz CT molecular complexity index is 875. The predicted octanol–water partition coefficient (Wildman–Crippen LogP) is 3.68. The molecule has 0 N–H and O–H groups in total. The summed E-state index contributed by atoms with van der Waals surface area (Å²) in [5, 5.41) is 0. The Morgan fingerprint density at radius 1 is 1.00 bits per heavy atom. The lowest BCUT2D eigenvalue weighted by Crippen LogP contribution is -2.13. The Balaban J connectivity index is 1.99. The van der Waals surface area contributed by atoms with E-state index in [0.29, 0.717) is 23.7 Å². The summed E-state index contributed by atoms with van der Waals surface area (Å²) in [6, 6.07) is 8.74. The molecular formula is C21H21FO6. The van der Waals surface area contributed by atoms with Crippen molar-refractivity contribution < 1.29 is 32.9 Å². The zero-order valence-electron chi connectivity index (χ0n) is 15.9.